The zero-order chi connectivity index (χ0) is 16.4. The van der Waals surface area contributed by atoms with Gasteiger partial charge >= 0.3 is 0 Å². The van der Waals surface area contributed by atoms with Crippen molar-refractivity contribution in [3.63, 3.8) is 0 Å². The van der Waals surface area contributed by atoms with Crippen molar-refractivity contribution in [3.8, 4) is 0 Å². The number of nitrogens with zero attached hydrogens (tertiary/aromatic N) is 1. The van der Waals surface area contributed by atoms with Crippen molar-refractivity contribution < 1.29 is 14.2 Å². The van der Waals surface area contributed by atoms with Crippen molar-refractivity contribution >= 4 is 29.9 Å². The first kappa shape index (κ1) is 22.9. The quantitative estimate of drug-likeness (QED) is 0.260. The Hall–Kier alpha value is -0.120. The van der Waals surface area contributed by atoms with E-state index in [9.17, 15) is 0 Å². The van der Waals surface area contributed by atoms with E-state index in [-0.39, 0.29) is 41.6 Å². The molecule has 2 N–H and O–H groups in total. The van der Waals surface area contributed by atoms with Crippen LogP contribution in [0.25, 0.3) is 0 Å². The molecule has 1 saturated heterocycles. The van der Waals surface area contributed by atoms with Gasteiger partial charge in [0.1, 0.15) is 0 Å². The Morgan fingerprint density at radius 3 is 2.61 bits per heavy atom. The Morgan fingerprint density at radius 2 is 2.09 bits per heavy atom. The van der Waals surface area contributed by atoms with Crippen LogP contribution in [-0.4, -0.2) is 65.2 Å². The van der Waals surface area contributed by atoms with E-state index in [1.54, 1.807) is 14.2 Å². The third-order valence-electron chi connectivity index (χ3n) is 3.78. The molecule has 0 radical (unpaired) electrons. The van der Waals surface area contributed by atoms with Gasteiger partial charge in [-0.05, 0) is 18.3 Å². The average molecular weight is 443 g/mol. The summed E-state index contributed by atoms with van der Waals surface area (Å²) in [6, 6.07) is 0. The Morgan fingerprint density at radius 1 is 1.35 bits per heavy atom. The lowest BCUT2D eigenvalue weighted by molar-refractivity contribution is 0.0205. The van der Waals surface area contributed by atoms with Gasteiger partial charge in [-0.25, -0.2) is 0 Å². The van der Waals surface area contributed by atoms with Crippen LogP contribution in [-0.2, 0) is 14.2 Å². The van der Waals surface area contributed by atoms with Gasteiger partial charge in [0.2, 0.25) is 0 Å². The average Bonchev–Trinajstić information content (AvgIpc) is 2.97. The number of halogens is 1. The van der Waals surface area contributed by atoms with E-state index in [1.165, 1.54) is 0 Å². The molecule has 0 amide bonds. The highest BCUT2D eigenvalue weighted by atomic mass is 127. The number of methoxy groups -OCH3 is 1. The summed E-state index contributed by atoms with van der Waals surface area (Å²) in [6.07, 6.45) is 2.38. The first-order valence-corrected chi connectivity index (χ1v) is 8.14. The fraction of sp³-hybridized carbons (Fsp3) is 0.938. The Labute approximate surface area is 158 Å². The van der Waals surface area contributed by atoms with Gasteiger partial charge in [-0.15, -0.1) is 24.0 Å². The van der Waals surface area contributed by atoms with Crippen LogP contribution in [0.15, 0.2) is 4.99 Å². The van der Waals surface area contributed by atoms with Gasteiger partial charge in [0, 0.05) is 40.5 Å². The standard InChI is InChI=1S/C16H33N3O3.HI/c1-16(2,3)14(20-5)11-19-15(17-4)18-8-6-9-22-13-7-10-21-12-13;/h13-14H,6-12H2,1-5H3,(H2,17,18,19);1H. The lowest BCUT2D eigenvalue weighted by Crippen LogP contribution is -2.45. The molecule has 0 bridgehead atoms. The zero-order valence-electron chi connectivity index (χ0n) is 15.2. The normalized spacial score (nSPS) is 20.0. The highest BCUT2D eigenvalue weighted by Crippen LogP contribution is 2.20. The van der Waals surface area contributed by atoms with E-state index < -0.39 is 0 Å². The van der Waals surface area contributed by atoms with E-state index in [0.29, 0.717) is 0 Å². The monoisotopic (exact) mass is 443 g/mol. The number of guanidine groups is 1. The van der Waals surface area contributed by atoms with Crippen molar-refractivity contribution in [2.45, 2.75) is 45.8 Å². The van der Waals surface area contributed by atoms with E-state index in [4.69, 9.17) is 14.2 Å². The van der Waals surface area contributed by atoms with E-state index in [0.717, 1.165) is 51.7 Å². The molecule has 138 valence electrons. The summed E-state index contributed by atoms with van der Waals surface area (Å²) >= 11 is 0. The minimum atomic E-state index is 0. The summed E-state index contributed by atoms with van der Waals surface area (Å²) in [5.74, 6) is 0.801. The summed E-state index contributed by atoms with van der Waals surface area (Å²) in [4.78, 5) is 4.23. The molecule has 0 aromatic heterocycles. The van der Waals surface area contributed by atoms with Crippen molar-refractivity contribution in [2.24, 2.45) is 10.4 Å². The number of rotatable bonds is 8. The molecule has 6 nitrogen and oxygen atoms in total. The predicted molar refractivity (Wildman–Crippen MR) is 105 cm³/mol. The molecule has 1 rings (SSSR count). The van der Waals surface area contributed by atoms with E-state index in [2.05, 4.69) is 36.4 Å². The van der Waals surface area contributed by atoms with Crippen LogP contribution in [0, 0.1) is 5.41 Å². The van der Waals surface area contributed by atoms with Crippen LogP contribution in [0.2, 0.25) is 0 Å². The molecular weight excluding hydrogens is 409 g/mol. The molecule has 2 unspecified atom stereocenters. The van der Waals surface area contributed by atoms with E-state index in [1.807, 2.05) is 0 Å². The lowest BCUT2D eigenvalue weighted by atomic mass is 9.89. The maximum Gasteiger partial charge on any atom is 0.191 e. The number of hydrogen-bond acceptors (Lipinski definition) is 4. The maximum absolute atomic E-state index is 5.73. The first-order valence-electron chi connectivity index (χ1n) is 8.14. The topological polar surface area (TPSA) is 64.1 Å². The molecule has 1 heterocycles. The van der Waals surface area contributed by atoms with Gasteiger partial charge in [0.05, 0.1) is 18.8 Å². The number of nitrogens with one attached hydrogen (secondary N) is 2. The second-order valence-corrected chi connectivity index (χ2v) is 6.68. The summed E-state index contributed by atoms with van der Waals surface area (Å²) in [7, 11) is 3.53. The smallest absolute Gasteiger partial charge is 0.191 e. The van der Waals surface area contributed by atoms with Crippen molar-refractivity contribution in [3.05, 3.63) is 0 Å². The van der Waals surface area contributed by atoms with Crippen LogP contribution in [0.5, 0.6) is 0 Å². The molecule has 0 spiro atoms. The molecule has 1 fully saturated rings. The highest BCUT2D eigenvalue weighted by Gasteiger charge is 2.24. The molecule has 2 atom stereocenters. The predicted octanol–water partition coefficient (Wildman–Crippen LogP) is 2.03. The summed E-state index contributed by atoms with van der Waals surface area (Å²) in [5, 5.41) is 6.61. The fourth-order valence-corrected chi connectivity index (χ4v) is 2.33. The highest BCUT2D eigenvalue weighted by molar-refractivity contribution is 14.0. The number of hydrogen-bond donors (Lipinski definition) is 2. The molecule has 7 heteroatoms. The van der Waals surface area contributed by atoms with Crippen LogP contribution >= 0.6 is 24.0 Å². The van der Waals surface area contributed by atoms with Crippen LogP contribution < -0.4 is 10.6 Å². The Kier molecular flexibility index (Phi) is 12.2. The van der Waals surface area contributed by atoms with Gasteiger partial charge in [0.25, 0.3) is 0 Å². The van der Waals surface area contributed by atoms with Gasteiger partial charge in [-0.1, -0.05) is 20.8 Å². The third-order valence-corrected chi connectivity index (χ3v) is 3.78. The van der Waals surface area contributed by atoms with E-state index >= 15 is 0 Å². The van der Waals surface area contributed by atoms with Gasteiger partial charge in [-0.2, -0.15) is 0 Å². The largest absolute Gasteiger partial charge is 0.379 e. The Balaban J connectivity index is 0.00000484. The molecular formula is C16H34IN3O3. The summed E-state index contributed by atoms with van der Waals surface area (Å²) < 4.78 is 16.5. The molecule has 0 aromatic carbocycles. The third kappa shape index (κ3) is 9.69. The SMILES string of the molecule is CN=C(NCCCOC1CCOC1)NCC(OC)C(C)(C)C.I. The first-order chi connectivity index (χ1) is 10.5. The second-order valence-electron chi connectivity index (χ2n) is 6.68. The molecule has 1 aliphatic heterocycles. The summed E-state index contributed by atoms with van der Waals surface area (Å²) in [5.41, 5.74) is 0.0950. The molecule has 1 aliphatic rings. The van der Waals surface area contributed by atoms with Gasteiger partial charge in [-0.3, -0.25) is 4.99 Å². The van der Waals surface area contributed by atoms with Crippen molar-refractivity contribution in [1.82, 2.24) is 10.6 Å². The van der Waals surface area contributed by atoms with Crippen LogP contribution in [0.4, 0.5) is 0 Å². The second kappa shape index (κ2) is 12.3. The van der Waals surface area contributed by atoms with Crippen molar-refractivity contribution in [1.29, 1.82) is 0 Å². The Bertz CT molecular complexity index is 329. The molecule has 23 heavy (non-hydrogen) atoms. The summed E-state index contributed by atoms with van der Waals surface area (Å²) in [6.45, 7) is 10.4. The van der Waals surface area contributed by atoms with Crippen LogP contribution in [0.1, 0.15) is 33.6 Å². The molecule has 0 saturated carbocycles. The fourth-order valence-electron chi connectivity index (χ4n) is 2.33. The number of ether oxygens (including phenoxy) is 3. The zero-order valence-corrected chi connectivity index (χ0v) is 17.5. The lowest BCUT2D eigenvalue weighted by Gasteiger charge is -2.30. The van der Waals surface area contributed by atoms with Crippen LogP contribution in [0.3, 0.4) is 0 Å². The van der Waals surface area contributed by atoms with Gasteiger partial charge < -0.3 is 24.8 Å². The number of aliphatic imine (C=N–C) groups is 1. The molecule has 0 aromatic rings. The minimum Gasteiger partial charge on any atom is -0.379 e. The van der Waals surface area contributed by atoms with Gasteiger partial charge in [0.15, 0.2) is 5.96 Å². The minimum absolute atomic E-state index is 0. The molecule has 0 aliphatic carbocycles. The maximum atomic E-state index is 5.73. The van der Waals surface area contributed by atoms with Crippen molar-refractivity contribution in [2.75, 3.05) is 47.1 Å².